The maximum Gasteiger partial charge on any atom is 0.238 e. The molecule has 0 unspecified atom stereocenters. The number of hydrogen-bond acceptors (Lipinski definition) is 5. The molecule has 0 saturated carbocycles. The second-order valence-corrected chi connectivity index (χ2v) is 9.63. The predicted octanol–water partition coefficient (Wildman–Crippen LogP) is 4.70. The van der Waals surface area contributed by atoms with Crippen LogP contribution in [0.4, 0.5) is 5.69 Å². The summed E-state index contributed by atoms with van der Waals surface area (Å²) < 4.78 is 23.1. The molecule has 0 saturated heterocycles. The van der Waals surface area contributed by atoms with Crippen LogP contribution in [-0.4, -0.2) is 28.3 Å². The van der Waals surface area contributed by atoms with E-state index in [0.29, 0.717) is 11.3 Å². The van der Waals surface area contributed by atoms with Crippen LogP contribution in [-0.2, 0) is 10.0 Å². The zero-order valence-electron chi connectivity index (χ0n) is 16.9. The molecule has 0 fully saturated rings. The van der Waals surface area contributed by atoms with E-state index in [1.165, 1.54) is 23.5 Å². The SMILES string of the molecule is CCC(=O)c1sc(-c2cccc(N(C)C)c2)c(C)c1-c1ccc(S(N)(=O)=O)cc1. The minimum Gasteiger partial charge on any atom is -0.378 e. The summed E-state index contributed by atoms with van der Waals surface area (Å²) in [4.78, 5) is 16.5. The summed E-state index contributed by atoms with van der Waals surface area (Å²) in [5, 5.41) is 5.21. The molecule has 0 aliphatic heterocycles. The largest absolute Gasteiger partial charge is 0.378 e. The minimum atomic E-state index is -3.76. The third kappa shape index (κ3) is 4.27. The standard InChI is InChI=1S/C22H24N2O3S2/c1-5-19(25)22-20(15-9-11-18(12-10-15)29(23,26)27)14(2)21(28-22)16-7-6-8-17(13-16)24(3)4/h6-13H,5H2,1-4H3,(H2,23,26,27). The number of hydrogen-bond donors (Lipinski definition) is 1. The molecule has 5 nitrogen and oxygen atoms in total. The van der Waals surface area contributed by atoms with Crippen LogP contribution < -0.4 is 10.0 Å². The van der Waals surface area contributed by atoms with Crippen molar-refractivity contribution in [3.63, 3.8) is 0 Å². The average molecular weight is 429 g/mol. The lowest BCUT2D eigenvalue weighted by Gasteiger charge is -2.13. The fourth-order valence-electron chi connectivity index (χ4n) is 3.23. The van der Waals surface area contributed by atoms with Crippen LogP contribution in [0.3, 0.4) is 0 Å². The van der Waals surface area contributed by atoms with Gasteiger partial charge in [-0.25, -0.2) is 13.6 Å². The highest BCUT2D eigenvalue weighted by molar-refractivity contribution is 7.89. The predicted molar refractivity (Wildman–Crippen MR) is 120 cm³/mol. The molecule has 7 heteroatoms. The van der Waals surface area contributed by atoms with Gasteiger partial charge in [-0.05, 0) is 47.9 Å². The molecule has 0 spiro atoms. The smallest absolute Gasteiger partial charge is 0.238 e. The van der Waals surface area contributed by atoms with E-state index in [1.54, 1.807) is 12.1 Å². The Labute approximate surface area is 175 Å². The van der Waals surface area contributed by atoms with Crippen molar-refractivity contribution in [1.82, 2.24) is 0 Å². The number of nitrogens with two attached hydrogens (primary N) is 1. The van der Waals surface area contributed by atoms with Crippen LogP contribution in [0.1, 0.15) is 28.6 Å². The third-order valence-corrected chi connectivity index (χ3v) is 7.13. The van der Waals surface area contributed by atoms with Crippen molar-refractivity contribution < 1.29 is 13.2 Å². The number of benzene rings is 2. The first kappa shape index (κ1) is 21.2. The van der Waals surface area contributed by atoms with Crippen molar-refractivity contribution in [3.05, 3.63) is 59.0 Å². The zero-order chi connectivity index (χ0) is 21.3. The first-order chi connectivity index (χ1) is 13.6. The summed E-state index contributed by atoms with van der Waals surface area (Å²) in [6, 6.07) is 14.6. The Morgan fingerprint density at radius 2 is 1.72 bits per heavy atom. The van der Waals surface area contributed by atoms with Crippen molar-refractivity contribution in [3.8, 4) is 21.6 Å². The highest BCUT2D eigenvalue weighted by Crippen LogP contribution is 2.43. The number of Topliss-reactive ketones (excluding diaryl/α,β-unsaturated/α-hetero) is 1. The van der Waals surface area contributed by atoms with E-state index in [0.717, 1.165) is 32.8 Å². The topological polar surface area (TPSA) is 80.5 Å². The molecule has 1 aromatic heterocycles. The van der Waals surface area contributed by atoms with E-state index >= 15 is 0 Å². The van der Waals surface area contributed by atoms with Gasteiger partial charge in [-0.2, -0.15) is 0 Å². The first-order valence-electron chi connectivity index (χ1n) is 9.21. The third-order valence-electron chi connectivity index (χ3n) is 4.82. The lowest BCUT2D eigenvalue weighted by Crippen LogP contribution is -2.11. The van der Waals surface area contributed by atoms with Crippen molar-refractivity contribution in [1.29, 1.82) is 0 Å². The van der Waals surface area contributed by atoms with E-state index in [1.807, 2.05) is 51.0 Å². The molecule has 29 heavy (non-hydrogen) atoms. The fraction of sp³-hybridized carbons (Fsp3) is 0.227. The molecular weight excluding hydrogens is 404 g/mol. The van der Waals surface area contributed by atoms with E-state index < -0.39 is 10.0 Å². The van der Waals surface area contributed by atoms with Gasteiger partial charge in [-0.1, -0.05) is 31.2 Å². The zero-order valence-corrected chi connectivity index (χ0v) is 18.5. The van der Waals surface area contributed by atoms with Gasteiger partial charge in [0.1, 0.15) is 0 Å². The van der Waals surface area contributed by atoms with E-state index in [9.17, 15) is 13.2 Å². The summed E-state index contributed by atoms with van der Waals surface area (Å²) in [6.45, 7) is 3.85. The average Bonchev–Trinajstić information content (AvgIpc) is 3.04. The van der Waals surface area contributed by atoms with Crippen molar-refractivity contribution in [2.45, 2.75) is 25.2 Å². The molecule has 152 valence electrons. The number of nitrogens with zero attached hydrogens (tertiary/aromatic N) is 1. The van der Waals surface area contributed by atoms with Crippen molar-refractivity contribution in [2.24, 2.45) is 5.14 Å². The molecule has 2 N–H and O–H groups in total. The molecule has 2 aromatic carbocycles. The monoisotopic (exact) mass is 428 g/mol. The Hall–Kier alpha value is -2.48. The molecule has 1 heterocycles. The normalized spacial score (nSPS) is 11.5. The van der Waals surface area contributed by atoms with Crippen molar-refractivity contribution in [2.75, 3.05) is 19.0 Å². The second-order valence-electron chi connectivity index (χ2n) is 7.05. The van der Waals surface area contributed by atoms with Gasteiger partial charge in [-0.3, -0.25) is 4.79 Å². The summed E-state index contributed by atoms with van der Waals surface area (Å²) in [5.74, 6) is 0.0682. The quantitative estimate of drug-likeness (QED) is 0.577. The van der Waals surface area contributed by atoms with Gasteiger partial charge in [0.05, 0.1) is 9.77 Å². The van der Waals surface area contributed by atoms with Gasteiger partial charge < -0.3 is 4.90 Å². The highest BCUT2D eigenvalue weighted by Gasteiger charge is 2.22. The number of ketones is 1. The van der Waals surface area contributed by atoms with Crippen LogP contribution in [0.15, 0.2) is 53.4 Å². The van der Waals surface area contributed by atoms with E-state index in [-0.39, 0.29) is 10.7 Å². The number of sulfonamides is 1. The number of carbonyl (C=O) groups excluding carboxylic acids is 1. The summed E-state index contributed by atoms with van der Waals surface area (Å²) >= 11 is 1.49. The molecule has 0 radical (unpaired) electrons. The van der Waals surface area contributed by atoms with Crippen LogP contribution in [0.25, 0.3) is 21.6 Å². The Morgan fingerprint density at radius 3 is 2.28 bits per heavy atom. The maximum absolute atomic E-state index is 12.7. The minimum absolute atomic E-state index is 0.0522. The molecule has 0 atom stereocenters. The Bertz CT molecular complexity index is 1160. The summed E-state index contributed by atoms with van der Waals surface area (Å²) in [6.07, 6.45) is 0.402. The maximum atomic E-state index is 12.7. The van der Waals surface area contributed by atoms with Gasteiger partial charge in [-0.15, -0.1) is 11.3 Å². The second kappa shape index (κ2) is 8.10. The van der Waals surface area contributed by atoms with E-state index in [2.05, 4.69) is 6.07 Å². The molecular formula is C22H24N2O3S2. The number of thiophene rings is 1. The van der Waals surface area contributed by atoms with Crippen molar-refractivity contribution >= 4 is 32.8 Å². The highest BCUT2D eigenvalue weighted by atomic mass is 32.2. The van der Waals surface area contributed by atoms with E-state index in [4.69, 9.17) is 5.14 Å². The van der Waals surface area contributed by atoms with Crippen LogP contribution in [0.5, 0.6) is 0 Å². The van der Waals surface area contributed by atoms with Gasteiger partial charge in [0, 0.05) is 36.6 Å². The van der Waals surface area contributed by atoms with Gasteiger partial charge in [0.25, 0.3) is 0 Å². The number of primary sulfonamides is 1. The number of anilines is 1. The fourth-order valence-corrected chi connectivity index (χ4v) is 5.08. The first-order valence-corrected chi connectivity index (χ1v) is 11.6. The van der Waals surface area contributed by atoms with Gasteiger partial charge in [0.15, 0.2) is 5.78 Å². The van der Waals surface area contributed by atoms with Crippen LogP contribution in [0, 0.1) is 6.92 Å². The summed E-state index contributed by atoms with van der Waals surface area (Å²) in [5.41, 5.74) is 4.80. The molecule has 0 aliphatic carbocycles. The molecule has 0 aliphatic rings. The Balaban J connectivity index is 2.19. The van der Waals surface area contributed by atoms with Gasteiger partial charge in [0.2, 0.25) is 10.0 Å². The molecule has 0 amide bonds. The lowest BCUT2D eigenvalue weighted by atomic mass is 9.97. The van der Waals surface area contributed by atoms with Crippen LogP contribution >= 0.6 is 11.3 Å². The summed E-state index contributed by atoms with van der Waals surface area (Å²) in [7, 11) is 0.219. The van der Waals surface area contributed by atoms with Gasteiger partial charge >= 0.3 is 0 Å². The number of rotatable bonds is 6. The molecule has 3 rings (SSSR count). The Morgan fingerprint density at radius 1 is 1.07 bits per heavy atom. The lowest BCUT2D eigenvalue weighted by molar-refractivity contribution is 0.0992. The number of carbonyl (C=O) groups is 1. The molecule has 0 bridgehead atoms. The van der Waals surface area contributed by atoms with Crippen LogP contribution in [0.2, 0.25) is 0 Å². The Kier molecular flexibility index (Phi) is 5.93. The molecule has 3 aromatic rings.